The van der Waals surface area contributed by atoms with E-state index >= 15 is 0 Å². The van der Waals surface area contributed by atoms with E-state index < -0.39 is 0 Å². The standard InChI is InChI=1S/2BrH.Cs.Eu.H/h2*1H;;;/q;;+1;;-1. The second-order valence-corrected chi connectivity index (χ2v) is 0. The van der Waals surface area contributed by atoms with Gasteiger partial charge in [-0.1, -0.05) is 0 Å². The van der Waals surface area contributed by atoms with Crippen molar-refractivity contribution in [2.24, 2.45) is 0 Å². The second kappa shape index (κ2) is 15.6. The molecule has 0 unspecified atom stereocenters. The molecule has 0 bridgehead atoms. The average Bonchev–Trinajstić information content (AvgIpc) is 0. The minimum atomic E-state index is 0. The van der Waals surface area contributed by atoms with Gasteiger partial charge in [-0.15, -0.1) is 34.0 Å². The van der Waals surface area contributed by atoms with Crippen LogP contribution in [0, 0.1) is 49.4 Å². The molecule has 0 heterocycles. The molecule has 0 nitrogen and oxygen atoms in total. The van der Waals surface area contributed by atoms with Gasteiger partial charge in [0.2, 0.25) is 0 Å². The molecule has 4 heavy (non-hydrogen) atoms. The summed E-state index contributed by atoms with van der Waals surface area (Å²) in [6.07, 6.45) is 0. The molecule has 0 rings (SSSR count). The van der Waals surface area contributed by atoms with Crippen LogP contribution in [0.2, 0.25) is 0 Å². The normalized spacial score (nSPS) is 0. The topological polar surface area (TPSA) is 0 Å². The van der Waals surface area contributed by atoms with Gasteiger partial charge in [0.15, 0.2) is 0 Å². The predicted molar refractivity (Wildman–Crippen MR) is 21.8 cm³/mol. The Morgan fingerprint density at radius 1 is 1.00 bits per heavy atom. The van der Waals surface area contributed by atoms with Gasteiger partial charge in [-0.25, -0.2) is 0 Å². The molecule has 1 radical (unpaired) electrons. The van der Waals surface area contributed by atoms with Crippen LogP contribution in [-0.4, -0.2) is 0 Å². The van der Waals surface area contributed by atoms with Crippen LogP contribution in [0.25, 0.3) is 0 Å². The molecule has 0 fully saturated rings. The van der Waals surface area contributed by atoms with Crippen molar-refractivity contribution in [3.63, 3.8) is 0 Å². The smallest absolute Gasteiger partial charge is 1.00 e. The summed E-state index contributed by atoms with van der Waals surface area (Å²) in [5.74, 6) is 0. The molecular formula is H3Br2CsEu. The van der Waals surface area contributed by atoms with Crippen LogP contribution in [-0.2, 0) is 0 Å². The molecular weight excluding hydrogens is 445 g/mol. The fraction of sp³-hybridized carbons (Fsp3) is 0. The van der Waals surface area contributed by atoms with Crippen molar-refractivity contribution in [1.29, 1.82) is 0 Å². The molecule has 0 amide bonds. The Bertz CT molecular complexity index is 9.61. The first kappa shape index (κ1) is 23.5. The van der Waals surface area contributed by atoms with Gasteiger partial charge in [0.05, 0.1) is 0 Å². The van der Waals surface area contributed by atoms with Gasteiger partial charge in [-0.2, -0.15) is 0 Å². The summed E-state index contributed by atoms with van der Waals surface area (Å²) in [5, 5.41) is 0. The molecule has 0 aliphatic carbocycles. The first-order chi connectivity index (χ1) is 0. The number of hydrogen-bond acceptors (Lipinski definition) is 0. The first-order valence-corrected chi connectivity index (χ1v) is 0. The maximum atomic E-state index is 0. The fourth-order valence-corrected chi connectivity index (χ4v) is 0. The minimum absolute atomic E-state index is 0. The van der Waals surface area contributed by atoms with Crippen LogP contribution in [0.5, 0.6) is 0 Å². The summed E-state index contributed by atoms with van der Waals surface area (Å²) < 4.78 is 0. The van der Waals surface area contributed by atoms with Crippen LogP contribution >= 0.6 is 34.0 Å². The number of rotatable bonds is 0. The van der Waals surface area contributed by atoms with Crippen molar-refractivity contribution >= 4 is 34.0 Å². The molecule has 0 aliphatic heterocycles. The molecule has 0 N–H and O–H groups in total. The summed E-state index contributed by atoms with van der Waals surface area (Å²) in [5.41, 5.74) is 0. The summed E-state index contributed by atoms with van der Waals surface area (Å²) in [6.45, 7) is 0. The molecule has 0 aliphatic rings. The maximum absolute atomic E-state index is 0. The Kier molecular flexibility index (Phi) is 91.8. The predicted octanol–water partition coefficient (Wildman–Crippen LogP) is -1.73. The molecule has 0 aromatic rings. The van der Waals surface area contributed by atoms with Crippen LogP contribution in [0.4, 0.5) is 0 Å². The third-order valence-electron chi connectivity index (χ3n) is 0. The summed E-state index contributed by atoms with van der Waals surface area (Å²) in [7, 11) is 0. The van der Waals surface area contributed by atoms with Crippen LogP contribution in [0.3, 0.4) is 0 Å². The second-order valence-electron chi connectivity index (χ2n) is 0. The van der Waals surface area contributed by atoms with Crippen molar-refractivity contribution in [3.05, 3.63) is 0 Å². The number of halogens is 2. The van der Waals surface area contributed by atoms with E-state index in [4.69, 9.17) is 0 Å². The van der Waals surface area contributed by atoms with Crippen LogP contribution < -0.4 is 68.9 Å². The van der Waals surface area contributed by atoms with E-state index in [1.54, 1.807) is 0 Å². The Morgan fingerprint density at radius 2 is 1.00 bits per heavy atom. The largest absolute Gasteiger partial charge is 1.00 e. The SMILES string of the molecule is Br.Br.[Cs+].[Eu].[H-]. The Labute approximate surface area is 148 Å². The Balaban J connectivity index is 0. The molecule has 0 atom stereocenters. The van der Waals surface area contributed by atoms with Gasteiger partial charge in [-0.3, -0.25) is 0 Å². The zero-order valence-electron chi connectivity index (χ0n) is 3.19. The van der Waals surface area contributed by atoms with Gasteiger partial charge in [0.25, 0.3) is 0 Å². The number of hydrogen-bond donors (Lipinski definition) is 0. The van der Waals surface area contributed by atoms with Crippen molar-refractivity contribution < 1.29 is 120 Å². The molecule has 0 spiro atoms. The third kappa shape index (κ3) is 9.78. The minimum Gasteiger partial charge on any atom is -1.00 e. The van der Waals surface area contributed by atoms with E-state index in [0.717, 1.165) is 0 Å². The monoisotopic (exact) mass is 447 g/mol. The van der Waals surface area contributed by atoms with E-state index in [1.807, 2.05) is 0 Å². The Morgan fingerprint density at radius 3 is 1.00 bits per heavy atom. The maximum Gasteiger partial charge on any atom is 1.00 e. The van der Waals surface area contributed by atoms with Crippen LogP contribution in [0.1, 0.15) is 1.43 Å². The van der Waals surface area contributed by atoms with Gasteiger partial charge < -0.3 is 1.43 Å². The van der Waals surface area contributed by atoms with Crippen molar-refractivity contribution in [3.8, 4) is 0 Å². The van der Waals surface area contributed by atoms with Crippen molar-refractivity contribution in [1.82, 2.24) is 0 Å². The quantitative estimate of drug-likeness (QED) is 0.414. The Hall–Kier alpha value is 4.60. The molecule has 0 aromatic heterocycles. The average molecular weight is 448 g/mol. The summed E-state index contributed by atoms with van der Waals surface area (Å²) in [4.78, 5) is 0. The fourth-order valence-electron chi connectivity index (χ4n) is 0. The van der Waals surface area contributed by atoms with E-state index in [1.165, 1.54) is 0 Å². The van der Waals surface area contributed by atoms with E-state index in [-0.39, 0.29) is 154 Å². The van der Waals surface area contributed by atoms with Gasteiger partial charge in [0, 0.05) is 49.4 Å². The van der Waals surface area contributed by atoms with E-state index in [9.17, 15) is 0 Å². The summed E-state index contributed by atoms with van der Waals surface area (Å²) in [6, 6.07) is 0. The van der Waals surface area contributed by atoms with Crippen LogP contribution in [0.15, 0.2) is 0 Å². The molecule has 0 saturated carbocycles. The van der Waals surface area contributed by atoms with Crippen molar-refractivity contribution in [2.75, 3.05) is 0 Å². The van der Waals surface area contributed by atoms with Gasteiger partial charge >= 0.3 is 68.9 Å². The van der Waals surface area contributed by atoms with Gasteiger partial charge in [0.1, 0.15) is 0 Å². The van der Waals surface area contributed by atoms with E-state index in [0.29, 0.717) is 0 Å². The van der Waals surface area contributed by atoms with Crippen molar-refractivity contribution in [2.45, 2.75) is 0 Å². The molecule has 0 aromatic carbocycles. The zero-order chi connectivity index (χ0) is 0. The summed E-state index contributed by atoms with van der Waals surface area (Å²) >= 11 is 0. The molecule has 25 valence electrons. The zero-order valence-corrected chi connectivity index (χ0v) is 14.3. The first-order valence-electron chi connectivity index (χ1n) is 0. The van der Waals surface area contributed by atoms with Gasteiger partial charge in [-0.05, 0) is 0 Å². The van der Waals surface area contributed by atoms with E-state index in [2.05, 4.69) is 0 Å². The molecule has 0 saturated heterocycles. The third-order valence-corrected chi connectivity index (χ3v) is 0. The molecule has 4 heteroatoms.